The number of amides is 1. The second-order valence-corrected chi connectivity index (χ2v) is 7.12. The highest BCUT2D eigenvalue weighted by Gasteiger charge is 2.14. The van der Waals surface area contributed by atoms with Gasteiger partial charge in [-0.15, -0.1) is 0 Å². The SMILES string of the molecule is Cc1ccc2nc(SCC(=O)NCC3CCCCC3)[nH]c2c1. The fraction of sp³-hybridized carbons (Fsp3) is 0.529. The average Bonchev–Trinajstić information content (AvgIpc) is 2.94. The largest absolute Gasteiger partial charge is 0.355 e. The minimum atomic E-state index is 0.104. The number of imidazole rings is 1. The van der Waals surface area contributed by atoms with E-state index in [1.165, 1.54) is 49.4 Å². The van der Waals surface area contributed by atoms with Crippen LogP contribution < -0.4 is 5.32 Å². The first-order chi connectivity index (χ1) is 10.7. The lowest BCUT2D eigenvalue weighted by atomic mass is 9.89. The lowest BCUT2D eigenvalue weighted by Crippen LogP contribution is -2.31. The van der Waals surface area contributed by atoms with Gasteiger partial charge in [-0.3, -0.25) is 4.79 Å². The van der Waals surface area contributed by atoms with Gasteiger partial charge in [0.2, 0.25) is 5.91 Å². The molecule has 0 aliphatic heterocycles. The molecule has 3 rings (SSSR count). The maximum atomic E-state index is 12.0. The Morgan fingerprint density at radius 3 is 3.00 bits per heavy atom. The van der Waals surface area contributed by atoms with E-state index in [-0.39, 0.29) is 5.91 Å². The number of H-pyrrole nitrogens is 1. The van der Waals surface area contributed by atoms with Gasteiger partial charge in [0.1, 0.15) is 0 Å². The summed E-state index contributed by atoms with van der Waals surface area (Å²) in [6.45, 7) is 2.89. The molecule has 4 nitrogen and oxygen atoms in total. The summed E-state index contributed by atoms with van der Waals surface area (Å²) in [6.07, 6.45) is 6.50. The number of fused-ring (bicyclic) bond motifs is 1. The van der Waals surface area contributed by atoms with E-state index in [4.69, 9.17) is 0 Å². The highest BCUT2D eigenvalue weighted by atomic mass is 32.2. The fourth-order valence-electron chi connectivity index (χ4n) is 3.00. The van der Waals surface area contributed by atoms with Crippen LogP contribution in [-0.4, -0.2) is 28.2 Å². The molecule has 0 saturated heterocycles. The van der Waals surface area contributed by atoms with Crippen LogP contribution in [0.25, 0.3) is 11.0 Å². The van der Waals surface area contributed by atoms with E-state index in [1.807, 2.05) is 6.07 Å². The van der Waals surface area contributed by atoms with Crippen LogP contribution in [0.3, 0.4) is 0 Å². The summed E-state index contributed by atoms with van der Waals surface area (Å²) in [4.78, 5) is 19.7. The van der Waals surface area contributed by atoms with Crippen LogP contribution in [0.15, 0.2) is 23.4 Å². The van der Waals surface area contributed by atoms with E-state index >= 15 is 0 Å². The highest BCUT2D eigenvalue weighted by Crippen LogP contribution is 2.23. The van der Waals surface area contributed by atoms with Crippen LogP contribution >= 0.6 is 11.8 Å². The predicted octanol–water partition coefficient (Wildman–Crippen LogP) is 3.66. The van der Waals surface area contributed by atoms with Crippen molar-refractivity contribution in [3.63, 3.8) is 0 Å². The fourth-order valence-corrected chi connectivity index (χ4v) is 3.72. The van der Waals surface area contributed by atoms with Gasteiger partial charge in [0.25, 0.3) is 0 Å². The third-order valence-electron chi connectivity index (χ3n) is 4.27. The molecule has 2 N–H and O–H groups in total. The van der Waals surface area contributed by atoms with Gasteiger partial charge >= 0.3 is 0 Å². The Labute approximate surface area is 135 Å². The van der Waals surface area contributed by atoms with Crippen LogP contribution in [0.5, 0.6) is 0 Å². The predicted molar refractivity (Wildman–Crippen MR) is 91.1 cm³/mol. The van der Waals surface area contributed by atoms with E-state index in [1.54, 1.807) is 0 Å². The number of carbonyl (C=O) groups excluding carboxylic acids is 1. The molecular formula is C17H23N3OS. The van der Waals surface area contributed by atoms with Crippen molar-refractivity contribution in [2.24, 2.45) is 5.92 Å². The van der Waals surface area contributed by atoms with E-state index in [9.17, 15) is 4.79 Å². The number of nitrogens with zero attached hydrogens (tertiary/aromatic N) is 1. The summed E-state index contributed by atoms with van der Waals surface area (Å²) in [5, 5.41) is 3.88. The van der Waals surface area contributed by atoms with Gasteiger partial charge in [0.15, 0.2) is 5.16 Å². The van der Waals surface area contributed by atoms with Gasteiger partial charge in [-0.25, -0.2) is 4.98 Å². The van der Waals surface area contributed by atoms with E-state index < -0.39 is 0 Å². The standard InChI is InChI=1S/C17H23N3OS/c1-12-7-8-14-15(9-12)20-17(19-14)22-11-16(21)18-10-13-5-3-2-4-6-13/h7-9,13H,2-6,10-11H2,1H3,(H,18,21)(H,19,20). The molecule has 1 aromatic heterocycles. The summed E-state index contributed by atoms with van der Waals surface area (Å²) in [7, 11) is 0. The topological polar surface area (TPSA) is 57.8 Å². The maximum Gasteiger partial charge on any atom is 0.230 e. The zero-order chi connectivity index (χ0) is 15.4. The Morgan fingerprint density at radius 2 is 2.18 bits per heavy atom. The minimum Gasteiger partial charge on any atom is -0.355 e. The monoisotopic (exact) mass is 317 g/mol. The molecule has 118 valence electrons. The van der Waals surface area contributed by atoms with Crippen molar-refractivity contribution in [2.75, 3.05) is 12.3 Å². The van der Waals surface area contributed by atoms with Gasteiger partial charge < -0.3 is 10.3 Å². The van der Waals surface area contributed by atoms with Crippen molar-refractivity contribution in [1.29, 1.82) is 0 Å². The molecule has 1 fully saturated rings. The molecule has 2 aromatic rings. The van der Waals surface area contributed by atoms with Crippen molar-refractivity contribution in [1.82, 2.24) is 15.3 Å². The van der Waals surface area contributed by atoms with Crippen molar-refractivity contribution in [2.45, 2.75) is 44.2 Å². The first kappa shape index (κ1) is 15.4. The molecule has 1 amide bonds. The van der Waals surface area contributed by atoms with Crippen LogP contribution in [0.4, 0.5) is 0 Å². The maximum absolute atomic E-state index is 12.0. The number of benzene rings is 1. The molecular weight excluding hydrogens is 294 g/mol. The molecule has 0 spiro atoms. The Kier molecular flexibility index (Phi) is 5.03. The Bertz CT molecular complexity index is 646. The smallest absolute Gasteiger partial charge is 0.230 e. The molecule has 1 aliphatic rings. The van der Waals surface area contributed by atoms with Gasteiger partial charge in [-0.2, -0.15) is 0 Å². The number of rotatable bonds is 5. The molecule has 5 heteroatoms. The Morgan fingerprint density at radius 1 is 1.36 bits per heavy atom. The quantitative estimate of drug-likeness (QED) is 0.827. The van der Waals surface area contributed by atoms with Gasteiger partial charge in [-0.1, -0.05) is 37.1 Å². The first-order valence-corrected chi connectivity index (χ1v) is 9.05. The number of thioether (sulfide) groups is 1. The number of aromatic amines is 1. The highest BCUT2D eigenvalue weighted by molar-refractivity contribution is 7.99. The van der Waals surface area contributed by atoms with Crippen molar-refractivity contribution < 1.29 is 4.79 Å². The number of hydrogen-bond donors (Lipinski definition) is 2. The molecule has 0 unspecified atom stereocenters. The number of carbonyl (C=O) groups is 1. The summed E-state index contributed by atoms with van der Waals surface area (Å²) in [5.41, 5.74) is 3.19. The second-order valence-electron chi connectivity index (χ2n) is 6.16. The third-order valence-corrected chi connectivity index (χ3v) is 5.14. The van der Waals surface area contributed by atoms with Crippen molar-refractivity contribution in [3.8, 4) is 0 Å². The summed E-state index contributed by atoms with van der Waals surface area (Å²) < 4.78 is 0. The van der Waals surface area contributed by atoms with Crippen LogP contribution in [-0.2, 0) is 4.79 Å². The van der Waals surface area contributed by atoms with E-state index in [0.29, 0.717) is 11.7 Å². The zero-order valence-electron chi connectivity index (χ0n) is 13.0. The Balaban J connectivity index is 1.47. The van der Waals surface area contributed by atoms with Gasteiger partial charge in [0.05, 0.1) is 16.8 Å². The zero-order valence-corrected chi connectivity index (χ0v) is 13.8. The van der Waals surface area contributed by atoms with E-state index in [0.717, 1.165) is 22.7 Å². The average molecular weight is 317 g/mol. The Hall–Kier alpha value is -1.49. The number of aromatic nitrogens is 2. The van der Waals surface area contributed by atoms with E-state index in [2.05, 4.69) is 34.3 Å². The molecule has 0 atom stereocenters. The third kappa shape index (κ3) is 4.03. The van der Waals surface area contributed by atoms with Gasteiger partial charge in [-0.05, 0) is 43.4 Å². The second kappa shape index (κ2) is 7.18. The minimum absolute atomic E-state index is 0.104. The number of hydrogen-bond acceptors (Lipinski definition) is 3. The number of nitrogens with one attached hydrogen (secondary N) is 2. The molecule has 0 radical (unpaired) electrons. The van der Waals surface area contributed by atoms with Gasteiger partial charge in [0, 0.05) is 6.54 Å². The van der Waals surface area contributed by atoms with Crippen LogP contribution in [0, 0.1) is 12.8 Å². The first-order valence-electron chi connectivity index (χ1n) is 8.06. The summed E-state index contributed by atoms with van der Waals surface area (Å²) in [5.74, 6) is 1.20. The molecule has 22 heavy (non-hydrogen) atoms. The van der Waals surface area contributed by atoms with Crippen molar-refractivity contribution in [3.05, 3.63) is 23.8 Å². The molecule has 1 saturated carbocycles. The number of aryl methyl sites for hydroxylation is 1. The summed E-state index contributed by atoms with van der Waals surface area (Å²) >= 11 is 1.47. The molecule has 0 bridgehead atoms. The molecule has 1 aromatic carbocycles. The normalized spacial score (nSPS) is 16.0. The lowest BCUT2D eigenvalue weighted by Gasteiger charge is -2.21. The van der Waals surface area contributed by atoms with Crippen LogP contribution in [0.1, 0.15) is 37.7 Å². The molecule has 1 heterocycles. The molecule has 1 aliphatic carbocycles. The lowest BCUT2D eigenvalue weighted by molar-refractivity contribution is -0.118. The summed E-state index contributed by atoms with van der Waals surface area (Å²) in [6, 6.07) is 6.14. The van der Waals surface area contributed by atoms with Crippen molar-refractivity contribution >= 4 is 28.7 Å². The van der Waals surface area contributed by atoms with Crippen LogP contribution in [0.2, 0.25) is 0 Å².